The SMILES string of the molecule is Cc1ccc2c(c1)C(=O)N(CC(=O)N1CCCCCC1)CC1(CCN(C)CC1)O2. The van der Waals surface area contributed by atoms with E-state index in [1.807, 2.05) is 30.0 Å². The lowest BCUT2D eigenvalue weighted by Crippen LogP contribution is -2.55. The molecule has 0 radical (unpaired) electrons. The minimum Gasteiger partial charge on any atom is -0.484 e. The Balaban J connectivity index is 1.60. The van der Waals surface area contributed by atoms with Gasteiger partial charge in [0.1, 0.15) is 17.9 Å². The Morgan fingerprint density at radius 1 is 1.07 bits per heavy atom. The van der Waals surface area contributed by atoms with Crippen LogP contribution in [0.15, 0.2) is 18.2 Å². The summed E-state index contributed by atoms with van der Waals surface area (Å²) in [5, 5.41) is 0. The van der Waals surface area contributed by atoms with Crippen molar-refractivity contribution in [3.63, 3.8) is 0 Å². The smallest absolute Gasteiger partial charge is 0.258 e. The van der Waals surface area contributed by atoms with E-state index in [0.29, 0.717) is 17.9 Å². The highest BCUT2D eigenvalue weighted by Gasteiger charge is 2.43. The Bertz CT molecular complexity index is 763. The van der Waals surface area contributed by atoms with Crippen LogP contribution in [-0.2, 0) is 4.79 Å². The lowest BCUT2D eigenvalue weighted by molar-refractivity contribution is -0.132. The van der Waals surface area contributed by atoms with E-state index in [-0.39, 0.29) is 18.4 Å². The number of ether oxygens (including phenoxy) is 1. The van der Waals surface area contributed by atoms with Crippen LogP contribution in [0.3, 0.4) is 0 Å². The molecule has 0 unspecified atom stereocenters. The number of nitrogens with zero attached hydrogens (tertiary/aromatic N) is 3. The number of hydrogen-bond donors (Lipinski definition) is 0. The number of carbonyl (C=O) groups is 2. The number of rotatable bonds is 2. The molecule has 3 heterocycles. The van der Waals surface area contributed by atoms with E-state index in [4.69, 9.17) is 4.74 Å². The van der Waals surface area contributed by atoms with Crippen molar-refractivity contribution in [1.82, 2.24) is 14.7 Å². The quantitative estimate of drug-likeness (QED) is 0.767. The van der Waals surface area contributed by atoms with E-state index in [9.17, 15) is 9.59 Å². The number of carbonyl (C=O) groups excluding carboxylic acids is 2. The van der Waals surface area contributed by atoms with Gasteiger partial charge in [0.05, 0.1) is 12.1 Å². The van der Waals surface area contributed by atoms with Gasteiger partial charge >= 0.3 is 0 Å². The van der Waals surface area contributed by atoms with Gasteiger partial charge in [0.25, 0.3) is 5.91 Å². The molecule has 1 aromatic rings. The van der Waals surface area contributed by atoms with Crippen LogP contribution < -0.4 is 4.74 Å². The normalized spacial score (nSPS) is 22.6. The molecule has 3 aliphatic rings. The van der Waals surface area contributed by atoms with Crippen LogP contribution in [0.5, 0.6) is 5.75 Å². The monoisotopic (exact) mass is 399 g/mol. The first-order valence-electron chi connectivity index (χ1n) is 11.0. The predicted octanol–water partition coefficient (Wildman–Crippen LogP) is 2.70. The Kier molecular flexibility index (Phi) is 5.81. The first-order chi connectivity index (χ1) is 14.0. The summed E-state index contributed by atoms with van der Waals surface area (Å²) in [7, 11) is 2.12. The van der Waals surface area contributed by atoms with Crippen molar-refractivity contribution in [3.8, 4) is 5.75 Å². The molecule has 3 aliphatic heterocycles. The molecule has 0 bridgehead atoms. The molecule has 0 saturated carbocycles. The van der Waals surface area contributed by atoms with Crippen molar-refractivity contribution in [2.45, 2.75) is 51.0 Å². The summed E-state index contributed by atoms with van der Waals surface area (Å²) in [5.41, 5.74) is 1.20. The van der Waals surface area contributed by atoms with Crippen LogP contribution in [-0.4, -0.2) is 78.4 Å². The van der Waals surface area contributed by atoms with Crippen LogP contribution in [0.4, 0.5) is 0 Å². The first kappa shape index (κ1) is 20.2. The van der Waals surface area contributed by atoms with Gasteiger partial charge in [-0.15, -0.1) is 0 Å². The maximum Gasteiger partial charge on any atom is 0.258 e. The maximum atomic E-state index is 13.4. The second kappa shape index (κ2) is 8.34. The average molecular weight is 400 g/mol. The molecule has 2 saturated heterocycles. The van der Waals surface area contributed by atoms with E-state index in [1.165, 1.54) is 12.8 Å². The summed E-state index contributed by atoms with van der Waals surface area (Å²) in [5.74, 6) is 0.650. The fraction of sp³-hybridized carbons (Fsp3) is 0.652. The van der Waals surface area contributed by atoms with E-state index in [1.54, 1.807) is 4.90 Å². The van der Waals surface area contributed by atoms with Crippen molar-refractivity contribution in [3.05, 3.63) is 29.3 Å². The van der Waals surface area contributed by atoms with Crippen molar-refractivity contribution >= 4 is 11.8 Å². The molecule has 6 nitrogen and oxygen atoms in total. The maximum absolute atomic E-state index is 13.4. The standard InChI is InChI=1S/C23H33N3O3/c1-18-7-8-20-19(15-18)22(28)26(16-21(27)25-11-5-3-4-6-12-25)17-23(29-20)9-13-24(2)14-10-23/h7-8,15H,3-6,9-14,16-17H2,1-2H3. The fourth-order valence-corrected chi connectivity index (χ4v) is 4.75. The summed E-state index contributed by atoms with van der Waals surface area (Å²) in [6.07, 6.45) is 6.20. The summed E-state index contributed by atoms with van der Waals surface area (Å²) in [4.78, 5) is 32.5. The molecular weight excluding hydrogens is 366 g/mol. The van der Waals surface area contributed by atoms with Gasteiger partial charge in [0, 0.05) is 39.0 Å². The number of hydrogen-bond acceptors (Lipinski definition) is 4. The van der Waals surface area contributed by atoms with Gasteiger partial charge in [-0.25, -0.2) is 0 Å². The van der Waals surface area contributed by atoms with Crippen LogP contribution in [0, 0.1) is 6.92 Å². The van der Waals surface area contributed by atoms with Gasteiger partial charge in [0.2, 0.25) is 5.91 Å². The lowest BCUT2D eigenvalue weighted by atomic mass is 9.90. The Hall–Kier alpha value is -2.08. The summed E-state index contributed by atoms with van der Waals surface area (Å²) in [6, 6.07) is 5.81. The van der Waals surface area contributed by atoms with Gasteiger partial charge in [-0.1, -0.05) is 24.5 Å². The molecule has 0 aliphatic carbocycles. The summed E-state index contributed by atoms with van der Waals surface area (Å²) >= 11 is 0. The zero-order valence-electron chi connectivity index (χ0n) is 17.8. The molecular formula is C23H33N3O3. The largest absolute Gasteiger partial charge is 0.484 e. The fourth-order valence-electron chi connectivity index (χ4n) is 4.75. The second-order valence-corrected chi connectivity index (χ2v) is 9.04. The molecule has 1 spiro atoms. The van der Waals surface area contributed by atoms with E-state index < -0.39 is 5.60 Å². The minimum absolute atomic E-state index is 0.0689. The van der Waals surface area contributed by atoms with E-state index in [2.05, 4.69) is 11.9 Å². The lowest BCUT2D eigenvalue weighted by Gasteiger charge is -2.41. The number of benzene rings is 1. The highest BCUT2D eigenvalue weighted by atomic mass is 16.5. The summed E-state index contributed by atoms with van der Waals surface area (Å²) in [6.45, 7) is 6.09. The molecule has 2 fully saturated rings. The molecule has 2 amide bonds. The van der Waals surface area contributed by atoms with Crippen molar-refractivity contribution in [2.75, 3.05) is 46.3 Å². The van der Waals surface area contributed by atoms with Crippen molar-refractivity contribution < 1.29 is 14.3 Å². The number of piperidine rings is 1. The molecule has 1 aromatic carbocycles. The molecule has 0 atom stereocenters. The number of likely N-dealkylation sites (tertiary alicyclic amines) is 2. The third kappa shape index (κ3) is 4.42. The Morgan fingerprint density at radius 2 is 1.76 bits per heavy atom. The Labute approximate surface area is 173 Å². The van der Waals surface area contributed by atoms with Crippen LogP contribution >= 0.6 is 0 Å². The Morgan fingerprint density at radius 3 is 2.45 bits per heavy atom. The zero-order chi connectivity index (χ0) is 20.4. The van der Waals surface area contributed by atoms with Crippen molar-refractivity contribution in [2.24, 2.45) is 0 Å². The van der Waals surface area contributed by atoms with Crippen LogP contribution in [0.25, 0.3) is 0 Å². The van der Waals surface area contributed by atoms with Gasteiger partial charge in [-0.3, -0.25) is 9.59 Å². The van der Waals surface area contributed by atoms with Gasteiger partial charge in [-0.2, -0.15) is 0 Å². The highest BCUT2D eigenvalue weighted by Crippen LogP contribution is 2.35. The van der Waals surface area contributed by atoms with Gasteiger partial charge in [0.15, 0.2) is 0 Å². The third-order valence-electron chi connectivity index (χ3n) is 6.64. The molecule has 158 valence electrons. The molecule has 6 heteroatoms. The zero-order valence-corrected chi connectivity index (χ0v) is 17.8. The predicted molar refractivity (Wildman–Crippen MR) is 112 cm³/mol. The van der Waals surface area contributed by atoms with Crippen LogP contribution in [0.1, 0.15) is 54.4 Å². The number of aryl methyl sites for hydroxylation is 1. The van der Waals surface area contributed by atoms with E-state index >= 15 is 0 Å². The second-order valence-electron chi connectivity index (χ2n) is 9.04. The van der Waals surface area contributed by atoms with Gasteiger partial charge < -0.3 is 19.4 Å². The molecule has 4 rings (SSSR count). The van der Waals surface area contributed by atoms with Crippen molar-refractivity contribution in [1.29, 1.82) is 0 Å². The minimum atomic E-state index is -0.415. The molecule has 29 heavy (non-hydrogen) atoms. The van der Waals surface area contributed by atoms with E-state index in [0.717, 1.165) is 57.4 Å². The third-order valence-corrected chi connectivity index (χ3v) is 6.64. The molecule has 0 aromatic heterocycles. The average Bonchev–Trinajstić information content (AvgIpc) is 3.04. The first-order valence-corrected chi connectivity index (χ1v) is 11.0. The number of amides is 2. The van der Waals surface area contributed by atoms with Crippen LogP contribution in [0.2, 0.25) is 0 Å². The highest BCUT2D eigenvalue weighted by molar-refractivity contribution is 5.99. The summed E-state index contributed by atoms with van der Waals surface area (Å²) < 4.78 is 6.52. The topological polar surface area (TPSA) is 53.1 Å². The molecule has 0 N–H and O–H groups in total. The van der Waals surface area contributed by atoms with Gasteiger partial charge in [-0.05, 0) is 38.9 Å². The number of fused-ring (bicyclic) bond motifs is 1.